The van der Waals surface area contributed by atoms with Crippen LogP contribution >= 0.6 is 0 Å². The number of Topliss-reactive ketones (excluding diaryl/α,β-unsaturated/α-hetero) is 1. The molecule has 2 aromatic rings. The number of hydrogen-bond donors (Lipinski definition) is 1. The molecule has 10 heteroatoms. The number of aliphatic hydroxyl groups excluding tert-OH is 1. The van der Waals surface area contributed by atoms with Gasteiger partial charge in [0.05, 0.1) is 24.5 Å². The Morgan fingerprint density at radius 1 is 0.947 bits per heavy atom. The maximum absolute atomic E-state index is 14.3. The van der Waals surface area contributed by atoms with E-state index in [9.17, 15) is 19.5 Å². The normalized spacial score (nSPS) is 24.4. The Hall–Kier alpha value is -3.89. The summed E-state index contributed by atoms with van der Waals surface area (Å²) in [5.41, 5.74) is -0.613. The zero-order chi connectivity index (χ0) is 26.4. The van der Waals surface area contributed by atoms with Gasteiger partial charge in [-0.3, -0.25) is 19.3 Å². The fourth-order valence-corrected chi connectivity index (χ4v) is 5.88. The van der Waals surface area contributed by atoms with Gasteiger partial charge in [0.2, 0.25) is 0 Å². The van der Waals surface area contributed by atoms with Crippen LogP contribution in [0, 0.1) is 0 Å². The van der Waals surface area contributed by atoms with Crippen LogP contribution in [0.3, 0.4) is 0 Å². The quantitative estimate of drug-likeness (QED) is 0.362. The van der Waals surface area contributed by atoms with Gasteiger partial charge in [-0.1, -0.05) is 18.2 Å². The number of amides is 2. The summed E-state index contributed by atoms with van der Waals surface area (Å²) in [6.07, 6.45) is 0. The minimum absolute atomic E-state index is 0.139. The van der Waals surface area contributed by atoms with Gasteiger partial charge in [0.25, 0.3) is 17.6 Å². The third-order valence-corrected chi connectivity index (χ3v) is 7.68. The lowest BCUT2D eigenvalue weighted by Gasteiger charge is -2.36. The smallest absolute Gasteiger partial charge is 0.296 e. The molecular formula is C28H29N3O7. The number of benzene rings is 2. The Labute approximate surface area is 220 Å². The fourth-order valence-electron chi connectivity index (χ4n) is 5.88. The molecule has 0 aliphatic carbocycles. The predicted octanol–water partition coefficient (Wildman–Crippen LogP) is 1.73. The van der Waals surface area contributed by atoms with Crippen molar-refractivity contribution in [3.8, 4) is 11.5 Å². The molecule has 198 valence electrons. The lowest BCUT2D eigenvalue weighted by atomic mass is 9.82. The number of ether oxygens (including phenoxy) is 3. The monoisotopic (exact) mass is 519 g/mol. The summed E-state index contributed by atoms with van der Waals surface area (Å²) in [6.45, 7) is 6.10. The van der Waals surface area contributed by atoms with Gasteiger partial charge in [0.1, 0.15) is 19.0 Å². The van der Waals surface area contributed by atoms with E-state index in [2.05, 4.69) is 4.90 Å². The summed E-state index contributed by atoms with van der Waals surface area (Å²) in [7, 11) is 0. The van der Waals surface area contributed by atoms with Gasteiger partial charge in [-0.25, -0.2) is 0 Å². The van der Waals surface area contributed by atoms with Gasteiger partial charge in [-0.05, 0) is 31.2 Å². The fraction of sp³-hybridized carbons (Fsp3) is 0.393. The van der Waals surface area contributed by atoms with Crippen molar-refractivity contribution in [3.05, 3.63) is 59.2 Å². The van der Waals surface area contributed by atoms with Crippen LogP contribution in [-0.4, -0.2) is 91.7 Å². The van der Waals surface area contributed by atoms with Gasteiger partial charge in [-0.15, -0.1) is 0 Å². The van der Waals surface area contributed by atoms with Crippen molar-refractivity contribution < 1.29 is 33.7 Å². The summed E-state index contributed by atoms with van der Waals surface area (Å²) in [5, 5.41) is 11.7. The maximum atomic E-state index is 14.3. The molecule has 38 heavy (non-hydrogen) atoms. The molecule has 1 atom stereocenters. The molecule has 4 aliphatic rings. The maximum Gasteiger partial charge on any atom is 0.296 e. The highest BCUT2D eigenvalue weighted by Gasteiger charge is 2.66. The number of carbonyl (C=O) groups is 3. The second-order valence-electron chi connectivity index (χ2n) is 9.60. The topological polar surface area (TPSA) is 109 Å². The zero-order valence-electron chi connectivity index (χ0n) is 21.1. The first-order valence-electron chi connectivity index (χ1n) is 12.9. The van der Waals surface area contributed by atoms with Crippen molar-refractivity contribution in [2.45, 2.75) is 12.5 Å². The molecule has 1 unspecified atom stereocenters. The van der Waals surface area contributed by atoms with Crippen LogP contribution in [0.2, 0.25) is 0 Å². The summed E-state index contributed by atoms with van der Waals surface area (Å²) in [6, 6.07) is 12.0. The van der Waals surface area contributed by atoms with Crippen LogP contribution in [-0.2, 0) is 24.7 Å². The summed E-state index contributed by atoms with van der Waals surface area (Å²) < 4.78 is 16.7. The van der Waals surface area contributed by atoms with Crippen molar-refractivity contribution in [3.63, 3.8) is 0 Å². The Morgan fingerprint density at radius 3 is 2.45 bits per heavy atom. The van der Waals surface area contributed by atoms with E-state index in [4.69, 9.17) is 14.2 Å². The molecular weight excluding hydrogens is 490 g/mol. The van der Waals surface area contributed by atoms with Crippen molar-refractivity contribution in [1.82, 2.24) is 9.80 Å². The molecule has 1 N–H and O–H groups in total. The van der Waals surface area contributed by atoms with E-state index in [0.29, 0.717) is 75.4 Å². The number of likely N-dealkylation sites (N-methyl/N-ethyl adjacent to an activating group) is 1. The van der Waals surface area contributed by atoms with Crippen molar-refractivity contribution in [2.24, 2.45) is 0 Å². The molecule has 0 aromatic heterocycles. The van der Waals surface area contributed by atoms with E-state index in [1.54, 1.807) is 41.3 Å². The van der Waals surface area contributed by atoms with Crippen LogP contribution in [0.15, 0.2) is 48.0 Å². The highest BCUT2D eigenvalue weighted by molar-refractivity contribution is 6.50. The largest absolute Gasteiger partial charge is 0.507 e. The van der Waals surface area contributed by atoms with Crippen molar-refractivity contribution in [1.29, 1.82) is 0 Å². The highest BCUT2D eigenvalue weighted by Crippen LogP contribution is 2.53. The number of fused-ring (bicyclic) bond motifs is 3. The Bertz CT molecular complexity index is 1350. The molecule has 2 saturated heterocycles. The number of aliphatic hydroxyl groups is 1. The van der Waals surface area contributed by atoms with E-state index in [0.717, 1.165) is 0 Å². The van der Waals surface area contributed by atoms with Crippen LogP contribution in [0.1, 0.15) is 18.1 Å². The SMILES string of the molecule is CCN1C(=O)C2(/C(=C(\O)c3ccc4c(c3)OCCO4)C(=O)C(=O)N2CCN2CCOCC2)c2ccccc21. The molecule has 6 rings (SSSR count). The van der Waals surface area contributed by atoms with Gasteiger partial charge in [0, 0.05) is 43.9 Å². The second-order valence-corrected chi connectivity index (χ2v) is 9.60. The van der Waals surface area contributed by atoms with Crippen molar-refractivity contribution >= 4 is 29.0 Å². The number of likely N-dealkylation sites (tertiary alicyclic amines) is 1. The third-order valence-electron chi connectivity index (χ3n) is 7.68. The number of ketones is 1. The summed E-state index contributed by atoms with van der Waals surface area (Å²) >= 11 is 0. The first-order chi connectivity index (χ1) is 18.5. The van der Waals surface area contributed by atoms with Crippen LogP contribution in [0.4, 0.5) is 5.69 Å². The zero-order valence-corrected chi connectivity index (χ0v) is 21.1. The third kappa shape index (κ3) is 3.51. The molecule has 0 bridgehead atoms. The molecule has 10 nitrogen and oxygen atoms in total. The number of hydrogen-bond acceptors (Lipinski definition) is 8. The number of rotatable bonds is 5. The van der Waals surface area contributed by atoms with Gasteiger partial charge < -0.3 is 29.1 Å². The van der Waals surface area contributed by atoms with E-state index >= 15 is 0 Å². The Morgan fingerprint density at radius 2 is 1.68 bits per heavy atom. The van der Waals surface area contributed by atoms with Crippen LogP contribution in [0.5, 0.6) is 11.5 Å². The van der Waals surface area contributed by atoms with Gasteiger partial charge in [0.15, 0.2) is 17.0 Å². The standard InChI is InChI=1S/C28H29N3O7/c1-2-30-20-6-4-3-5-19(20)28(27(30)35)23(24(32)18-7-8-21-22(17-18)38-16-15-37-21)25(33)26(34)31(28)10-9-29-11-13-36-14-12-29/h3-8,17,32H,2,9-16H2,1H3/b24-23-. The average Bonchev–Trinajstić information content (AvgIpc) is 3.34. The lowest BCUT2D eigenvalue weighted by molar-refractivity contribution is -0.144. The average molecular weight is 520 g/mol. The molecule has 4 heterocycles. The number of anilines is 1. The Kier molecular flexibility index (Phi) is 6.08. The first kappa shape index (κ1) is 24.4. The minimum Gasteiger partial charge on any atom is -0.507 e. The molecule has 1 spiro atoms. The van der Waals surface area contributed by atoms with E-state index < -0.39 is 28.9 Å². The second kappa shape index (κ2) is 9.45. The van der Waals surface area contributed by atoms with Gasteiger partial charge >= 0.3 is 0 Å². The lowest BCUT2D eigenvalue weighted by Crippen LogP contribution is -2.54. The van der Waals surface area contributed by atoms with Crippen LogP contribution in [0.25, 0.3) is 5.76 Å². The molecule has 2 fully saturated rings. The predicted molar refractivity (Wildman–Crippen MR) is 137 cm³/mol. The van der Waals surface area contributed by atoms with E-state index in [1.165, 1.54) is 4.90 Å². The first-order valence-corrected chi connectivity index (χ1v) is 12.9. The number of para-hydroxylation sites is 1. The number of carbonyl (C=O) groups excluding carboxylic acids is 3. The highest BCUT2D eigenvalue weighted by atomic mass is 16.6. The minimum atomic E-state index is -1.77. The Balaban J connectivity index is 1.53. The number of morpholine rings is 1. The molecule has 2 aromatic carbocycles. The summed E-state index contributed by atoms with van der Waals surface area (Å²) in [4.78, 5) is 46.7. The summed E-state index contributed by atoms with van der Waals surface area (Å²) in [5.74, 6) is -1.60. The van der Waals surface area contributed by atoms with Crippen molar-refractivity contribution in [2.75, 3.05) is 64.1 Å². The van der Waals surface area contributed by atoms with Gasteiger partial charge in [-0.2, -0.15) is 0 Å². The number of nitrogens with zero attached hydrogens (tertiary/aromatic N) is 3. The molecule has 4 aliphatic heterocycles. The molecule has 0 saturated carbocycles. The van der Waals surface area contributed by atoms with E-state index in [-0.39, 0.29) is 17.7 Å². The molecule has 2 amide bonds. The van der Waals surface area contributed by atoms with Crippen LogP contribution < -0.4 is 14.4 Å². The molecule has 0 radical (unpaired) electrons. The van der Waals surface area contributed by atoms with E-state index in [1.807, 2.05) is 13.0 Å².